The number of aromatic nitrogens is 4. The van der Waals surface area contributed by atoms with Crippen LogP contribution < -0.4 is 0 Å². The van der Waals surface area contributed by atoms with E-state index in [2.05, 4.69) is 413 Å². The van der Waals surface area contributed by atoms with Gasteiger partial charge in [-0.3, -0.25) is 0 Å². The number of nitrogens with zero attached hydrogens (tertiary/aromatic N) is 6. The topological polar surface area (TPSA) is 47.9 Å². The second-order valence-electron chi connectivity index (χ2n) is 32.4. The molecule has 0 radical (unpaired) electrons. The highest BCUT2D eigenvalue weighted by molar-refractivity contribution is 6.15. The number of hydrogen-bond acceptors (Lipinski definition) is 1. The number of fused-ring (bicyclic) bond motifs is 18. The molecule has 0 saturated carbocycles. The molecule has 0 aliphatic heterocycles. The minimum absolute atomic E-state index is 0.0712. The van der Waals surface area contributed by atoms with Crippen molar-refractivity contribution in [2.75, 3.05) is 0 Å². The zero-order valence-electron chi connectivity index (χ0n) is 65.9. The molecule has 0 fully saturated rings. The molecule has 24 rings (SSSR count). The van der Waals surface area contributed by atoms with E-state index >= 15 is 0 Å². The molecule has 0 spiro atoms. The van der Waals surface area contributed by atoms with E-state index in [0.717, 1.165) is 44.8 Å². The SMILES string of the molecule is N#Cc1ccc(-n2c3ccccc3c3cc(-c4ccc5c(c4)c4ccccc4n5-c4ccc(-c5cccc6c5C(c5ccccc5)(c5ccccc5)c5ccccc5-6)cc4)ccc32)cc1.[C-]#[N+]c1cccc(-n2c3ccccc3c3cc(-c4ccc5c(c4)c4ccccc4n5-c4ccc(-c5cccc6c5C(C)(C)c5ccccc5-6)cc4)ccc32)c1. The Balaban J connectivity index is 0.000000142. The van der Waals surface area contributed by atoms with Crippen LogP contribution in [-0.2, 0) is 10.8 Å². The van der Waals surface area contributed by atoms with Crippen LogP contribution in [0.5, 0.6) is 0 Å². The summed E-state index contributed by atoms with van der Waals surface area (Å²) in [5.41, 5.74) is 37.2. The number of nitriles is 1. The summed E-state index contributed by atoms with van der Waals surface area (Å²) >= 11 is 0. The largest absolute Gasteiger partial charge is 0.311 e. The molecule has 2 aliphatic carbocycles. The molecule has 560 valence electrons. The van der Waals surface area contributed by atoms with Gasteiger partial charge in [0.05, 0.1) is 67.8 Å². The molecule has 4 heterocycles. The van der Waals surface area contributed by atoms with E-state index in [9.17, 15) is 5.26 Å². The van der Waals surface area contributed by atoms with Crippen LogP contribution in [0.3, 0.4) is 0 Å². The molecule has 2 aliphatic rings. The highest BCUT2D eigenvalue weighted by atomic mass is 15.0. The fraction of sp³-hybridized carbons (Fsp3) is 0.0351. The van der Waals surface area contributed by atoms with Gasteiger partial charge in [0.25, 0.3) is 0 Å². The van der Waals surface area contributed by atoms with Crippen molar-refractivity contribution in [1.82, 2.24) is 18.3 Å². The number of hydrogen-bond donors (Lipinski definition) is 0. The first-order valence-corrected chi connectivity index (χ1v) is 41.1. The van der Waals surface area contributed by atoms with E-state index < -0.39 is 5.41 Å². The second kappa shape index (κ2) is 27.4. The fourth-order valence-electron chi connectivity index (χ4n) is 20.5. The lowest BCUT2D eigenvalue weighted by Gasteiger charge is -2.35. The average Bonchev–Trinajstić information content (AvgIpc) is 1.52. The third-order valence-electron chi connectivity index (χ3n) is 25.8. The van der Waals surface area contributed by atoms with Crippen LogP contribution in [0.2, 0.25) is 0 Å². The summed E-state index contributed by atoms with van der Waals surface area (Å²) in [7, 11) is 0. The van der Waals surface area contributed by atoms with Crippen LogP contribution in [0.15, 0.2) is 413 Å². The molecule has 0 N–H and O–H groups in total. The van der Waals surface area contributed by atoms with Crippen molar-refractivity contribution in [2.24, 2.45) is 0 Å². The molecule has 6 heteroatoms. The fourth-order valence-corrected chi connectivity index (χ4v) is 20.5. The van der Waals surface area contributed by atoms with E-state index in [4.69, 9.17) is 6.57 Å². The Morgan fingerprint density at radius 1 is 0.250 bits per heavy atom. The van der Waals surface area contributed by atoms with Gasteiger partial charge in [-0.2, -0.15) is 5.26 Å². The Morgan fingerprint density at radius 3 is 0.992 bits per heavy atom. The third-order valence-corrected chi connectivity index (χ3v) is 25.8. The Hall–Kier alpha value is -15.9. The van der Waals surface area contributed by atoms with Gasteiger partial charge in [0.2, 0.25) is 0 Å². The maximum absolute atomic E-state index is 9.44. The predicted molar refractivity (Wildman–Crippen MR) is 498 cm³/mol. The van der Waals surface area contributed by atoms with Crippen molar-refractivity contribution in [3.8, 4) is 95.6 Å². The molecule has 0 amide bonds. The van der Waals surface area contributed by atoms with Crippen molar-refractivity contribution >= 4 is 92.9 Å². The average molecular weight is 1530 g/mol. The van der Waals surface area contributed by atoms with E-state index in [-0.39, 0.29) is 5.41 Å². The first kappa shape index (κ1) is 69.6. The Morgan fingerprint density at radius 2 is 0.567 bits per heavy atom. The van der Waals surface area contributed by atoms with Crippen molar-refractivity contribution in [2.45, 2.75) is 24.7 Å². The molecular weight excluding hydrogens is 1450 g/mol. The molecule has 0 unspecified atom stereocenters. The van der Waals surface area contributed by atoms with Gasteiger partial charge in [0.15, 0.2) is 5.69 Å². The van der Waals surface area contributed by atoms with Crippen LogP contribution in [0.1, 0.15) is 52.8 Å². The maximum atomic E-state index is 9.44. The van der Waals surface area contributed by atoms with Crippen LogP contribution in [0.4, 0.5) is 5.69 Å². The van der Waals surface area contributed by atoms with Crippen LogP contribution in [0.25, 0.3) is 182 Å². The summed E-state index contributed by atoms with van der Waals surface area (Å²) in [4.78, 5) is 3.70. The highest BCUT2D eigenvalue weighted by Crippen LogP contribution is 2.59. The summed E-state index contributed by atoms with van der Waals surface area (Å²) in [6, 6.07) is 152. The van der Waals surface area contributed by atoms with Gasteiger partial charge in [-0.1, -0.05) is 293 Å². The van der Waals surface area contributed by atoms with Gasteiger partial charge in [0, 0.05) is 71.3 Å². The second-order valence-corrected chi connectivity index (χ2v) is 32.4. The molecule has 18 aromatic carbocycles. The highest BCUT2D eigenvalue weighted by Gasteiger charge is 2.48. The summed E-state index contributed by atoms with van der Waals surface area (Å²) in [5.74, 6) is 0. The number of benzene rings is 18. The quantitative estimate of drug-likeness (QED) is 0.126. The molecule has 120 heavy (non-hydrogen) atoms. The first-order valence-electron chi connectivity index (χ1n) is 41.1. The van der Waals surface area contributed by atoms with E-state index in [1.165, 1.54) is 165 Å². The normalized spacial score (nSPS) is 12.9. The van der Waals surface area contributed by atoms with Crippen molar-refractivity contribution in [3.05, 3.63) is 463 Å². The smallest absolute Gasteiger partial charge is 0.189 e. The lowest BCUT2D eigenvalue weighted by molar-refractivity contribution is 0.662. The standard InChI is InChI=1S/C62H39N3.C52H35N3/c63-40-41-26-32-47(33-27-41)64-57-24-11-8-19-51(57)54-38-43(30-36-59(54)64)44-31-37-60-55(39-44)52-20-9-12-25-58(52)65(60)48-34-28-42(29-35-48)49-21-13-22-53-50-18-7-10-23-56(50)62(61(49)53,45-14-3-1-4-15-45)46-16-5-2-6-17-46;1-52(2)46-19-7-4-14-40(46)43-18-11-17-39(51(43)52)33-22-26-37(27-23-33)54-47-20-8-5-15-41(47)44-30-34(24-28-49(44)54)35-25-29-50-45(31-35)42-16-6-9-21-48(42)55(50)38-13-10-12-36(32-38)53-3/h1-39H;4-32H,1-2H3. The zero-order valence-corrected chi connectivity index (χ0v) is 65.9. The molecule has 6 nitrogen and oxygen atoms in total. The predicted octanol–water partition coefficient (Wildman–Crippen LogP) is 29.5. The van der Waals surface area contributed by atoms with Gasteiger partial charge in [-0.05, 0) is 234 Å². The summed E-state index contributed by atoms with van der Waals surface area (Å²) in [6.07, 6.45) is 0. The van der Waals surface area contributed by atoms with E-state index in [1.807, 2.05) is 42.5 Å². The number of para-hydroxylation sites is 4. The summed E-state index contributed by atoms with van der Waals surface area (Å²) < 4.78 is 9.39. The molecule has 0 bridgehead atoms. The maximum Gasteiger partial charge on any atom is 0.189 e. The summed E-state index contributed by atoms with van der Waals surface area (Å²) in [5, 5.41) is 19.1. The van der Waals surface area contributed by atoms with Gasteiger partial charge in [0.1, 0.15) is 0 Å². The molecule has 0 saturated heterocycles. The van der Waals surface area contributed by atoms with Crippen LogP contribution >= 0.6 is 0 Å². The van der Waals surface area contributed by atoms with Gasteiger partial charge >= 0.3 is 0 Å². The molecular formula is C114H74N6. The van der Waals surface area contributed by atoms with Crippen molar-refractivity contribution in [1.29, 1.82) is 5.26 Å². The molecule has 4 aromatic heterocycles. The Labute approximate surface area is 694 Å². The zero-order chi connectivity index (χ0) is 79.9. The van der Waals surface area contributed by atoms with E-state index in [1.54, 1.807) is 0 Å². The minimum Gasteiger partial charge on any atom is -0.311 e. The third kappa shape index (κ3) is 10.6. The lowest BCUT2D eigenvalue weighted by atomic mass is 9.66. The minimum atomic E-state index is -0.485. The molecule has 0 atom stereocenters. The monoisotopic (exact) mass is 1530 g/mol. The Bertz CT molecular complexity index is 8010. The first-order chi connectivity index (χ1) is 59.2. The van der Waals surface area contributed by atoms with Gasteiger partial charge in [-0.25, -0.2) is 4.85 Å². The van der Waals surface area contributed by atoms with Crippen molar-refractivity contribution < 1.29 is 0 Å². The molecule has 22 aromatic rings. The van der Waals surface area contributed by atoms with Crippen LogP contribution in [-0.4, -0.2) is 18.3 Å². The van der Waals surface area contributed by atoms with Crippen molar-refractivity contribution in [3.63, 3.8) is 0 Å². The van der Waals surface area contributed by atoms with Crippen LogP contribution in [0, 0.1) is 17.9 Å². The lowest BCUT2D eigenvalue weighted by Crippen LogP contribution is -2.29. The number of rotatable bonds is 10. The van der Waals surface area contributed by atoms with E-state index in [0.29, 0.717) is 11.3 Å². The summed E-state index contributed by atoms with van der Waals surface area (Å²) in [6.45, 7) is 12.3. The Kier molecular flexibility index (Phi) is 15.9. The van der Waals surface area contributed by atoms with Gasteiger partial charge in [-0.15, -0.1) is 0 Å². The van der Waals surface area contributed by atoms with Gasteiger partial charge < -0.3 is 18.3 Å².